The fraction of sp³-hybridized carbons (Fsp3) is 0.333. The van der Waals surface area contributed by atoms with Crippen molar-refractivity contribution in [2.75, 3.05) is 0 Å². The molecule has 0 bridgehead atoms. The molecule has 5 aromatic carbocycles. The van der Waals surface area contributed by atoms with Crippen LogP contribution in [0.3, 0.4) is 0 Å². The Morgan fingerprint density at radius 3 is 1.75 bits per heavy atom. The lowest BCUT2D eigenvalue weighted by atomic mass is 9.70. The molecule has 6 aromatic rings. The molecule has 0 radical (unpaired) electrons. The molecule has 0 atom stereocenters. The van der Waals surface area contributed by atoms with Crippen LogP contribution in [0, 0.1) is 0 Å². The number of rotatable bonds is 11. The number of unbranched alkanes of at least 4 members (excludes halogenated alkanes) is 2. The van der Waals surface area contributed by atoms with Crippen molar-refractivity contribution in [2.24, 2.45) is 0 Å². The van der Waals surface area contributed by atoms with Gasteiger partial charge in [-0.3, -0.25) is 4.57 Å². The summed E-state index contributed by atoms with van der Waals surface area (Å²) >= 11 is 0. The Hall–Kier alpha value is -4.54. The molecule has 1 aromatic heterocycles. The third-order valence-corrected chi connectivity index (χ3v) is 13.3. The maximum absolute atomic E-state index is 4.86. The average molecular weight is 702 g/mol. The van der Waals surface area contributed by atoms with Crippen molar-refractivity contribution in [3.63, 3.8) is 0 Å². The van der Waals surface area contributed by atoms with Crippen molar-refractivity contribution < 1.29 is 0 Å². The van der Waals surface area contributed by atoms with Crippen LogP contribution in [0.25, 0.3) is 50.7 Å². The van der Waals surface area contributed by atoms with Gasteiger partial charge < -0.3 is 0 Å². The van der Waals surface area contributed by atoms with Crippen molar-refractivity contribution in [3.8, 4) is 50.7 Å². The lowest BCUT2D eigenvalue weighted by Gasteiger charge is -2.34. The van der Waals surface area contributed by atoms with Gasteiger partial charge in [-0.25, -0.2) is 0 Å². The standard InChI is InChI=1S/C48H55N3Si/c1-9-11-29-48(30-12-10-2)43-32-36(23-27-41(43)42-28-26-40(33-44(42)48)52(6,7)8)35-17-16-18-37(31-35)46-50-49-45(51(46)39-19-14-13-15-20-39)34-21-24-38(25-22-34)47(3,4)5/h13-28,31-33H,9-12,29-30H2,1-8H3. The molecule has 0 spiro atoms. The molecule has 0 saturated carbocycles. The molecule has 0 unspecified atom stereocenters. The number of nitrogens with zero attached hydrogens (tertiary/aromatic N) is 3. The number of benzene rings is 5. The summed E-state index contributed by atoms with van der Waals surface area (Å²) in [5.41, 5.74) is 13.0. The van der Waals surface area contributed by atoms with E-state index < -0.39 is 8.07 Å². The maximum Gasteiger partial charge on any atom is 0.168 e. The fourth-order valence-corrected chi connectivity index (χ4v) is 9.36. The van der Waals surface area contributed by atoms with Crippen LogP contribution in [0.5, 0.6) is 0 Å². The van der Waals surface area contributed by atoms with Gasteiger partial charge in [0.2, 0.25) is 0 Å². The second-order valence-corrected chi connectivity index (χ2v) is 22.1. The van der Waals surface area contributed by atoms with Crippen molar-refractivity contribution in [1.29, 1.82) is 0 Å². The minimum atomic E-state index is -1.48. The lowest BCUT2D eigenvalue weighted by molar-refractivity contribution is 0.415. The molecule has 0 amide bonds. The highest BCUT2D eigenvalue weighted by molar-refractivity contribution is 6.88. The minimum Gasteiger partial charge on any atom is -0.275 e. The number of hydrogen-bond acceptors (Lipinski definition) is 2. The Balaban J connectivity index is 1.34. The molecule has 0 fully saturated rings. The van der Waals surface area contributed by atoms with E-state index in [9.17, 15) is 0 Å². The largest absolute Gasteiger partial charge is 0.275 e. The van der Waals surface area contributed by atoms with Gasteiger partial charge in [-0.1, -0.05) is 176 Å². The van der Waals surface area contributed by atoms with E-state index in [0.29, 0.717) is 0 Å². The number of fused-ring (bicyclic) bond motifs is 3. The predicted molar refractivity (Wildman–Crippen MR) is 225 cm³/mol. The minimum absolute atomic E-state index is 0.0465. The maximum atomic E-state index is 4.86. The summed E-state index contributed by atoms with van der Waals surface area (Å²) in [5.74, 6) is 1.69. The van der Waals surface area contributed by atoms with Gasteiger partial charge in [-0.2, -0.15) is 0 Å². The topological polar surface area (TPSA) is 30.7 Å². The van der Waals surface area contributed by atoms with Crippen LogP contribution in [0.15, 0.2) is 115 Å². The van der Waals surface area contributed by atoms with E-state index in [4.69, 9.17) is 10.2 Å². The molecule has 52 heavy (non-hydrogen) atoms. The molecule has 1 aliphatic rings. The molecule has 7 rings (SSSR count). The van der Waals surface area contributed by atoms with E-state index in [0.717, 1.165) is 28.5 Å². The Kier molecular flexibility index (Phi) is 9.73. The summed E-state index contributed by atoms with van der Waals surface area (Å²) in [6, 6.07) is 43.0. The summed E-state index contributed by atoms with van der Waals surface area (Å²) in [5, 5.41) is 11.3. The summed E-state index contributed by atoms with van der Waals surface area (Å²) in [4.78, 5) is 0. The van der Waals surface area contributed by atoms with Gasteiger partial charge >= 0.3 is 0 Å². The van der Waals surface area contributed by atoms with Crippen molar-refractivity contribution >= 4 is 13.3 Å². The van der Waals surface area contributed by atoms with Crippen molar-refractivity contribution in [1.82, 2.24) is 14.8 Å². The van der Waals surface area contributed by atoms with E-state index in [1.54, 1.807) is 10.8 Å². The quantitative estimate of drug-likeness (QED) is 0.126. The Bertz CT molecular complexity index is 2170. The summed E-state index contributed by atoms with van der Waals surface area (Å²) in [6.45, 7) is 18.9. The molecule has 0 saturated heterocycles. The van der Waals surface area contributed by atoms with Crippen molar-refractivity contribution in [2.45, 2.75) is 104 Å². The number of para-hydroxylation sites is 1. The molecule has 266 valence electrons. The molecule has 1 heterocycles. The van der Waals surface area contributed by atoms with E-state index >= 15 is 0 Å². The molecule has 0 N–H and O–H groups in total. The molecular formula is C48H55N3Si. The summed E-state index contributed by atoms with van der Waals surface area (Å²) < 4.78 is 2.21. The zero-order valence-electron chi connectivity index (χ0n) is 32.6. The fourth-order valence-electron chi connectivity index (χ4n) is 8.20. The normalized spacial score (nSPS) is 13.6. The Morgan fingerprint density at radius 2 is 1.13 bits per heavy atom. The second-order valence-electron chi connectivity index (χ2n) is 17.0. The van der Waals surface area contributed by atoms with Crippen LogP contribution in [0.2, 0.25) is 19.6 Å². The van der Waals surface area contributed by atoms with Crippen LogP contribution < -0.4 is 5.19 Å². The molecular weight excluding hydrogens is 647 g/mol. The summed E-state index contributed by atoms with van der Waals surface area (Å²) in [6.07, 6.45) is 7.27. The highest BCUT2D eigenvalue weighted by atomic mass is 28.3. The zero-order chi connectivity index (χ0) is 36.7. The average Bonchev–Trinajstić information content (AvgIpc) is 3.71. The van der Waals surface area contributed by atoms with E-state index in [1.807, 2.05) is 0 Å². The van der Waals surface area contributed by atoms with Gasteiger partial charge in [0.05, 0.1) is 8.07 Å². The van der Waals surface area contributed by atoms with Crippen LogP contribution in [0.1, 0.15) is 89.8 Å². The zero-order valence-corrected chi connectivity index (χ0v) is 33.6. The molecule has 1 aliphatic carbocycles. The van der Waals surface area contributed by atoms with Crippen LogP contribution in [0.4, 0.5) is 0 Å². The Labute approximate surface area is 313 Å². The lowest BCUT2D eigenvalue weighted by Crippen LogP contribution is -2.38. The monoisotopic (exact) mass is 701 g/mol. The van der Waals surface area contributed by atoms with E-state index in [1.165, 1.54) is 71.9 Å². The first-order valence-corrected chi connectivity index (χ1v) is 23.0. The van der Waals surface area contributed by atoms with Gasteiger partial charge in [0.1, 0.15) is 0 Å². The second kappa shape index (κ2) is 14.1. The highest BCUT2D eigenvalue weighted by Crippen LogP contribution is 2.55. The van der Waals surface area contributed by atoms with Crippen LogP contribution in [-0.4, -0.2) is 22.8 Å². The highest BCUT2D eigenvalue weighted by Gasteiger charge is 2.43. The van der Waals surface area contributed by atoms with E-state index in [-0.39, 0.29) is 10.8 Å². The number of aromatic nitrogens is 3. The summed E-state index contributed by atoms with van der Waals surface area (Å²) in [7, 11) is -1.48. The number of hydrogen-bond donors (Lipinski definition) is 0. The molecule has 0 aliphatic heterocycles. The van der Waals surface area contributed by atoms with Gasteiger partial charge in [-0.05, 0) is 81.5 Å². The van der Waals surface area contributed by atoms with Crippen molar-refractivity contribution in [3.05, 3.63) is 132 Å². The predicted octanol–water partition coefficient (Wildman–Crippen LogP) is 12.8. The first kappa shape index (κ1) is 35.8. The smallest absolute Gasteiger partial charge is 0.168 e. The third-order valence-electron chi connectivity index (χ3n) is 11.3. The Morgan fingerprint density at radius 1 is 0.577 bits per heavy atom. The van der Waals surface area contributed by atoms with Crippen LogP contribution in [-0.2, 0) is 10.8 Å². The van der Waals surface area contributed by atoms with Crippen LogP contribution >= 0.6 is 0 Å². The molecule has 4 heteroatoms. The van der Waals surface area contributed by atoms with Gasteiger partial charge in [0.15, 0.2) is 11.6 Å². The third kappa shape index (κ3) is 6.62. The van der Waals surface area contributed by atoms with Gasteiger partial charge in [-0.15, -0.1) is 10.2 Å². The van der Waals surface area contributed by atoms with Gasteiger partial charge in [0.25, 0.3) is 0 Å². The first-order valence-electron chi connectivity index (χ1n) is 19.5. The van der Waals surface area contributed by atoms with E-state index in [2.05, 4.69) is 174 Å². The molecule has 3 nitrogen and oxygen atoms in total. The SMILES string of the molecule is CCCCC1(CCCC)c2cc(-c3cccc(-c4nnc(-c5ccc(C(C)(C)C)cc5)n4-c4ccccc4)c3)ccc2-c2ccc([Si](C)(C)C)cc21. The van der Waals surface area contributed by atoms with Gasteiger partial charge in [0, 0.05) is 22.2 Å². The first-order chi connectivity index (χ1) is 24.9.